The number of benzene rings is 1. The highest BCUT2D eigenvalue weighted by molar-refractivity contribution is 9.10. The molecule has 1 N–H and O–H groups in total. The lowest BCUT2D eigenvalue weighted by Crippen LogP contribution is -2.40. The van der Waals surface area contributed by atoms with E-state index in [9.17, 15) is 19.2 Å². The number of nitrogens with zero attached hydrogens (tertiary/aromatic N) is 2. The Balaban J connectivity index is 1.78. The fourth-order valence-corrected chi connectivity index (χ4v) is 4.09. The van der Waals surface area contributed by atoms with E-state index in [-0.39, 0.29) is 23.1 Å². The van der Waals surface area contributed by atoms with Crippen LogP contribution in [0.4, 0.5) is 4.79 Å². The van der Waals surface area contributed by atoms with Gasteiger partial charge in [-0.3, -0.25) is 19.3 Å². The molecule has 10 heteroatoms. The van der Waals surface area contributed by atoms with E-state index in [4.69, 9.17) is 9.84 Å². The molecule has 0 radical (unpaired) electrons. The van der Waals surface area contributed by atoms with Crippen LogP contribution in [0.1, 0.15) is 18.4 Å². The Morgan fingerprint density at radius 1 is 1.25 bits per heavy atom. The van der Waals surface area contributed by atoms with Gasteiger partial charge >= 0.3 is 5.97 Å². The summed E-state index contributed by atoms with van der Waals surface area (Å²) in [5.74, 6) is -1.65. The normalized spacial score (nSPS) is 18.2. The zero-order valence-electron chi connectivity index (χ0n) is 14.7. The second kappa shape index (κ2) is 8.78. The number of thioether (sulfide) groups is 1. The topological polar surface area (TPSA) is 104 Å². The van der Waals surface area contributed by atoms with E-state index in [1.807, 2.05) is 0 Å². The Morgan fingerprint density at radius 2 is 1.96 bits per heavy atom. The van der Waals surface area contributed by atoms with Crippen molar-refractivity contribution in [1.82, 2.24) is 9.80 Å². The maximum atomic E-state index is 12.6. The van der Waals surface area contributed by atoms with Crippen LogP contribution in [0.25, 0.3) is 6.08 Å². The number of carbonyl (C=O) groups is 4. The molecule has 0 bridgehead atoms. The highest BCUT2D eigenvalue weighted by atomic mass is 79.9. The molecule has 1 aromatic carbocycles. The van der Waals surface area contributed by atoms with Crippen molar-refractivity contribution < 1.29 is 29.0 Å². The highest BCUT2D eigenvalue weighted by Gasteiger charge is 2.37. The fraction of sp³-hybridized carbons (Fsp3) is 0.333. The summed E-state index contributed by atoms with van der Waals surface area (Å²) >= 11 is 4.06. The van der Waals surface area contributed by atoms with Gasteiger partial charge in [0, 0.05) is 23.1 Å². The van der Waals surface area contributed by atoms with E-state index >= 15 is 0 Å². The number of hydrogen-bond acceptors (Lipinski definition) is 6. The van der Waals surface area contributed by atoms with Crippen molar-refractivity contribution in [2.45, 2.75) is 12.8 Å². The van der Waals surface area contributed by atoms with Crippen LogP contribution in [-0.4, -0.2) is 64.2 Å². The minimum atomic E-state index is -1.13. The molecular formula is C18H17BrN2O6S. The van der Waals surface area contributed by atoms with Crippen LogP contribution in [0.5, 0.6) is 5.75 Å². The van der Waals surface area contributed by atoms with E-state index in [0.717, 1.165) is 29.5 Å². The molecule has 3 rings (SSSR count). The molecule has 2 aliphatic rings. The first-order chi connectivity index (χ1) is 13.3. The number of likely N-dealkylation sites (tertiary alicyclic amines) is 1. The third-order valence-corrected chi connectivity index (χ3v) is 5.64. The van der Waals surface area contributed by atoms with Crippen molar-refractivity contribution in [3.8, 4) is 5.75 Å². The van der Waals surface area contributed by atoms with Gasteiger partial charge in [-0.05, 0) is 48.9 Å². The van der Waals surface area contributed by atoms with Gasteiger partial charge in [0.1, 0.15) is 12.3 Å². The van der Waals surface area contributed by atoms with Gasteiger partial charge in [-0.25, -0.2) is 4.79 Å². The van der Waals surface area contributed by atoms with Crippen LogP contribution in [0.15, 0.2) is 27.6 Å². The van der Waals surface area contributed by atoms with E-state index in [0.29, 0.717) is 23.1 Å². The zero-order valence-corrected chi connectivity index (χ0v) is 17.1. The Kier molecular flexibility index (Phi) is 6.40. The summed E-state index contributed by atoms with van der Waals surface area (Å²) in [6, 6.07) is 4.90. The van der Waals surface area contributed by atoms with E-state index in [1.54, 1.807) is 23.1 Å². The van der Waals surface area contributed by atoms with Crippen molar-refractivity contribution >= 4 is 56.8 Å². The zero-order chi connectivity index (χ0) is 20.3. The molecule has 2 saturated heterocycles. The van der Waals surface area contributed by atoms with Crippen LogP contribution in [-0.2, 0) is 14.4 Å². The smallest absolute Gasteiger partial charge is 0.341 e. The quantitative estimate of drug-likeness (QED) is 0.639. The Labute approximate surface area is 173 Å². The largest absolute Gasteiger partial charge is 0.481 e. The molecule has 1 aromatic rings. The van der Waals surface area contributed by atoms with Gasteiger partial charge in [-0.15, -0.1) is 0 Å². The maximum Gasteiger partial charge on any atom is 0.341 e. The number of halogens is 1. The molecule has 8 nitrogen and oxygen atoms in total. The number of carboxylic acids is 1. The molecule has 2 heterocycles. The first-order valence-corrected chi connectivity index (χ1v) is 10.1. The summed E-state index contributed by atoms with van der Waals surface area (Å²) in [5, 5.41) is 8.29. The highest BCUT2D eigenvalue weighted by Crippen LogP contribution is 2.35. The number of carboxylic acid groups (broad SMARTS) is 1. The molecule has 0 atom stereocenters. The molecule has 148 valence electrons. The Hall–Kier alpha value is -2.33. The van der Waals surface area contributed by atoms with Gasteiger partial charge < -0.3 is 14.7 Å². The average molecular weight is 469 g/mol. The second-order valence-corrected chi connectivity index (χ2v) is 8.13. The van der Waals surface area contributed by atoms with Crippen molar-refractivity contribution in [2.24, 2.45) is 0 Å². The summed E-state index contributed by atoms with van der Waals surface area (Å²) < 4.78 is 5.94. The third-order valence-electron chi connectivity index (χ3n) is 4.24. The SMILES string of the molecule is O=C(O)COc1ccc(Br)cc1/C=C1/SC(=O)N(CC(=O)N2CCCC2)C1=O. The Morgan fingerprint density at radius 3 is 2.64 bits per heavy atom. The van der Waals surface area contributed by atoms with Gasteiger partial charge in [0.15, 0.2) is 6.61 Å². The van der Waals surface area contributed by atoms with Crippen LogP contribution in [0.2, 0.25) is 0 Å². The average Bonchev–Trinajstić information content (AvgIpc) is 3.26. The van der Waals surface area contributed by atoms with Gasteiger partial charge in [-0.2, -0.15) is 0 Å². The predicted octanol–water partition coefficient (Wildman–Crippen LogP) is 2.57. The van der Waals surface area contributed by atoms with Crippen LogP contribution >= 0.6 is 27.7 Å². The minimum Gasteiger partial charge on any atom is -0.481 e. The molecule has 28 heavy (non-hydrogen) atoms. The summed E-state index contributed by atoms with van der Waals surface area (Å²) in [6.07, 6.45) is 3.32. The van der Waals surface area contributed by atoms with Gasteiger partial charge in [0.25, 0.3) is 11.1 Å². The van der Waals surface area contributed by atoms with Crippen LogP contribution < -0.4 is 4.74 Å². The van der Waals surface area contributed by atoms with Crippen molar-refractivity contribution in [3.63, 3.8) is 0 Å². The van der Waals surface area contributed by atoms with E-state index < -0.39 is 23.7 Å². The summed E-state index contributed by atoms with van der Waals surface area (Å²) in [4.78, 5) is 50.6. The molecule has 0 aromatic heterocycles. The number of aliphatic carboxylic acids is 1. The minimum absolute atomic E-state index is 0.150. The van der Waals surface area contributed by atoms with E-state index in [1.165, 1.54) is 6.08 Å². The monoisotopic (exact) mass is 468 g/mol. The van der Waals surface area contributed by atoms with Crippen LogP contribution in [0.3, 0.4) is 0 Å². The number of carbonyl (C=O) groups excluding carboxylic acids is 3. The molecule has 2 aliphatic heterocycles. The molecule has 0 unspecified atom stereocenters. The first-order valence-electron chi connectivity index (χ1n) is 8.52. The number of hydrogen-bond donors (Lipinski definition) is 1. The number of imide groups is 1. The number of rotatable bonds is 6. The van der Waals surface area contributed by atoms with Crippen molar-refractivity contribution in [2.75, 3.05) is 26.2 Å². The second-order valence-electron chi connectivity index (χ2n) is 6.22. The van der Waals surface area contributed by atoms with Crippen molar-refractivity contribution in [1.29, 1.82) is 0 Å². The molecule has 3 amide bonds. The molecule has 2 fully saturated rings. The molecule has 0 aliphatic carbocycles. The maximum absolute atomic E-state index is 12.6. The van der Waals surface area contributed by atoms with Gasteiger partial charge in [0.2, 0.25) is 5.91 Å². The molecule has 0 saturated carbocycles. The van der Waals surface area contributed by atoms with Crippen LogP contribution in [0, 0.1) is 0 Å². The van der Waals surface area contributed by atoms with E-state index in [2.05, 4.69) is 15.9 Å². The summed E-state index contributed by atoms with van der Waals surface area (Å²) in [5.41, 5.74) is 0.451. The third kappa shape index (κ3) is 4.74. The van der Waals surface area contributed by atoms with Gasteiger partial charge in [0.05, 0.1) is 4.91 Å². The summed E-state index contributed by atoms with van der Waals surface area (Å²) in [7, 11) is 0. The number of amides is 3. The predicted molar refractivity (Wildman–Crippen MR) is 106 cm³/mol. The molecule has 0 spiro atoms. The molecular weight excluding hydrogens is 452 g/mol. The fourth-order valence-electron chi connectivity index (χ4n) is 2.88. The van der Waals surface area contributed by atoms with Crippen molar-refractivity contribution in [3.05, 3.63) is 33.1 Å². The lowest BCUT2D eigenvalue weighted by molar-refractivity contribution is -0.139. The number of ether oxygens (including phenoxy) is 1. The lowest BCUT2D eigenvalue weighted by atomic mass is 10.2. The van der Waals surface area contributed by atoms with Gasteiger partial charge in [-0.1, -0.05) is 15.9 Å². The Bertz CT molecular complexity index is 866. The lowest BCUT2D eigenvalue weighted by Gasteiger charge is -2.18. The summed E-state index contributed by atoms with van der Waals surface area (Å²) in [6.45, 7) is 0.484. The standard InChI is InChI=1S/C18H17BrN2O6S/c19-12-3-4-13(27-10-16(23)24)11(7-12)8-14-17(25)21(18(26)28-14)9-15(22)20-5-1-2-6-20/h3-4,7-8H,1-2,5-6,9-10H2,(H,23,24)/b14-8+. The first kappa shape index (κ1) is 20.4.